The first-order valence-electron chi connectivity index (χ1n) is 10.8. The first kappa shape index (κ1) is 24.4. The maximum atomic E-state index is 12.4. The van der Waals surface area contributed by atoms with Gasteiger partial charge in [-0.2, -0.15) is 0 Å². The van der Waals surface area contributed by atoms with Crippen molar-refractivity contribution < 1.29 is 17.9 Å². The van der Waals surface area contributed by atoms with E-state index in [2.05, 4.69) is 27.3 Å². The van der Waals surface area contributed by atoms with Crippen molar-refractivity contribution >= 4 is 39.8 Å². The zero-order valence-corrected chi connectivity index (χ0v) is 21.8. The molecule has 1 aromatic rings. The quantitative estimate of drug-likeness (QED) is 0.346. The second-order valence-corrected chi connectivity index (χ2v) is 12.0. The highest BCUT2D eigenvalue weighted by Crippen LogP contribution is 2.44. The summed E-state index contributed by atoms with van der Waals surface area (Å²) in [5.41, 5.74) is 1.29. The summed E-state index contributed by atoms with van der Waals surface area (Å²) in [6.45, 7) is 6.47. The fourth-order valence-electron chi connectivity index (χ4n) is 4.90. The number of nitrogens with one attached hydrogen (secondary N) is 1. The van der Waals surface area contributed by atoms with Crippen molar-refractivity contribution in [3.8, 4) is 11.5 Å². The standard InChI is InChI=1S/C22H33N3O4S.HI/c1-21(2)16-25(10-13-30(21,26)27)20(23-3)24-15-22(8-4-5-9-22)17-6-7-18-19(14-17)29-12-11-28-18;/h6-7,14H,4-5,8-13,15-16H2,1-3H3,(H,23,24);1H. The van der Waals surface area contributed by atoms with E-state index < -0.39 is 14.6 Å². The van der Waals surface area contributed by atoms with E-state index in [1.165, 1.54) is 18.4 Å². The Morgan fingerprint density at radius 2 is 1.84 bits per heavy atom. The van der Waals surface area contributed by atoms with E-state index in [4.69, 9.17) is 9.47 Å². The van der Waals surface area contributed by atoms with Crippen LogP contribution in [0.4, 0.5) is 0 Å². The van der Waals surface area contributed by atoms with Crippen LogP contribution in [0.1, 0.15) is 45.1 Å². The minimum absolute atomic E-state index is 0. The van der Waals surface area contributed by atoms with E-state index in [9.17, 15) is 8.42 Å². The monoisotopic (exact) mass is 563 g/mol. The average molecular weight is 564 g/mol. The molecule has 0 spiro atoms. The highest BCUT2D eigenvalue weighted by Gasteiger charge is 2.42. The van der Waals surface area contributed by atoms with Crippen molar-refractivity contribution in [2.24, 2.45) is 4.99 Å². The van der Waals surface area contributed by atoms with E-state index in [0.717, 1.165) is 36.8 Å². The van der Waals surface area contributed by atoms with E-state index in [0.29, 0.717) is 26.3 Å². The summed E-state index contributed by atoms with van der Waals surface area (Å²) in [5, 5.41) is 3.57. The SMILES string of the molecule is CN=C(NCC1(c2ccc3c(c2)OCCO3)CCCC1)N1CCS(=O)(=O)C(C)(C)C1.I. The Labute approximate surface area is 202 Å². The van der Waals surface area contributed by atoms with Gasteiger partial charge in [-0.15, -0.1) is 24.0 Å². The minimum atomic E-state index is -3.08. The van der Waals surface area contributed by atoms with Crippen molar-refractivity contribution in [2.45, 2.75) is 49.7 Å². The van der Waals surface area contributed by atoms with Crippen LogP contribution in [0.3, 0.4) is 0 Å². The number of hydrogen-bond acceptors (Lipinski definition) is 5. The minimum Gasteiger partial charge on any atom is -0.486 e. The second-order valence-electron chi connectivity index (χ2n) is 9.25. The van der Waals surface area contributed by atoms with Crippen LogP contribution in [0.5, 0.6) is 11.5 Å². The van der Waals surface area contributed by atoms with Crippen LogP contribution >= 0.6 is 24.0 Å². The van der Waals surface area contributed by atoms with Gasteiger partial charge in [0.25, 0.3) is 0 Å². The topological polar surface area (TPSA) is 80.2 Å². The lowest BCUT2D eigenvalue weighted by molar-refractivity contribution is 0.171. The van der Waals surface area contributed by atoms with Crippen molar-refractivity contribution in [1.29, 1.82) is 0 Å². The number of benzene rings is 1. The van der Waals surface area contributed by atoms with E-state index in [-0.39, 0.29) is 35.1 Å². The van der Waals surface area contributed by atoms with Gasteiger partial charge >= 0.3 is 0 Å². The maximum Gasteiger partial charge on any atom is 0.193 e. The van der Waals surface area contributed by atoms with Crippen molar-refractivity contribution in [3.63, 3.8) is 0 Å². The zero-order chi connectivity index (χ0) is 21.4. The van der Waals surface area contributed by atoms with E-state index in [1.54, 1.807) is 20.9 Å². The zero-order valence-electron chi connectivity index (χ0n) is 18.6. The fourth-order valence-corrected chi connectivity index (χ4v) is 6.26. The molecule has 1 aliphatic carbocycles. The molecule has 0 unspecified atom stereocenters. The lowest BCUT2D eigenvalue weighted by Gasteiger charge is -2.40. The Hall–Kier alpha value is -1.23. The Bertz CT molecular complexity index is 927. The van der Waals surface area contributed by atoms with Gasteiger partial charge in [-0.1, -0.05) is 18.9 Å². The number of ether oxygens (including phenoxy) is 2. The summed E-state index contributed by atoms with van der Waals surface area (Å²) in [6.07, 6.45) is 4.61. The normalized spacial score (nSPS) is 23.7. The van der Waals surface area contributed by atoms with Crippen LogP contribution in [-0.4, -0.2) is 69.7 Å². The van der Waals surface area contributed by atoms with Gasteiger partial charge in [0.05, 0.1) is 10.5 Å². The summed E-state index contributed by atoms with van der Waals surface area (Å²) >= 11 is 0. The maximum absolute atomic E-state index is 12.4. The molecule has 31 heavy (non-hydrogen) atoms. The fraction of sp³-hybridized carbons (Fsp3) is 0.682. The number of rotatable bonds is 3. The highest BCUT2D eigenvalue weighted by atomic mass is 127. The first-order valence-corrected chi connectivity index (χ1v) is 12.5. The molecular formula is C22H34IN3O4S. The molecule has 0 aromatic heterocycles. The molecule has 0 radical (unpaired) electrons. The largest absolute Gasteiger partial charge is 0.486 e. The molecule has 174 valence electrons. The van der Waals surface area contributed by atoms with Crippen molar-refractivity contribution in [2.75, 3.05) is 45.6 Å². The summed E-state index contributed by atoms with van der Waals surface area (Å²) in [6, 6.07) is 6.33. The smallest absolute Gasteiger partial charge is 0.193 e. The van der Waals surface area contributed by atoms with Crippen molar-refractivity contribution in [3.05, 3.63) is 23.8 Å². The molecule has 1 saturated heterocycles. The lowest BCUT2D eigenvalue weighted by Crippen LogP contribution is -2.58. The van der Waals surface area contributed by atoms with Gasteiger partial charge in [-0.05, 0) is 44.4 Å². The molecule has 0 bridgehead atoms. The molecule has 1 N–H and O–H groups in total. The van der Waals surface area contributed by atoms with Crippen LogP contribution in [0.2, 0.25) is 0 Å². The van der Waals surface area contributed by atoms with Crippen LogP contribution in [-0.2, 0) is 15.3 Å². The third-order valence-electron chi connectivity index (χ3n) is 6.85. The predicted molar refractivity (Wildman–Crippen MR) is 134 cm³/mol. The van der Waals surface area contributed by atoms with Gasteiger partial charge in [0, 0.05) is 32.1 Å². The number of guanidine groups is 1. The summed E-state index contributed by atoms with van der Waals surface area (Å²) in [7, 11) is -1.31. The van der Waals surface area contributed by atoms with Gasteiger partial charge in [0.15, 0.2) is 27.3 Å². The summed E-state index contributed by atoms with van der Waals surface area (Å²) in [4.78, 5) is 6.55. The second kappa shape index (κ2) is 9.33. The molecule has 2 heterocycles. The van der Waals surface area contributed by atoms with Gasteiger partial charge in [0.2, 0.25) is 0 Å². The first-order chi connectivity index (χ1) is 14.3. The third kappa shape index (κ3) is 4.77. The van der Waals surface area contributed by atoms with Gasteiger partial charge in [-0.25, -0.2) is 8.42 Å². The predicted octanol–water partition coefficient (Wildman–Crippen LogP) is 2.97. The molecule has 3 aliphatic rings. The van der Waals surface area contributed by atoms with E-state index >= 15 is 0 Å². The molecule has 7 nitrogen and oxygen atoms in total. The number of sulfone groups is 1. The van der Waals surface area contributed by atoms with Crippen LogP contribution in [0, 0.1) is 0 Å². The molecule has 1 saturated carbocycles. The molecule has 9 heteroatoms. The van der Waals surface area contributed by atoms with Crippen LogP contribution in [0.25, 0.3) is 0 Å². The molecule has 4 rings (SSSR count). The molecular weight excluding hydrogens is 529 g/mol. The van der Waals surface area contributed by atoms with Gasteiger partial charge in [-0.3, -0.25) is 4.99 Å². The van der Waals surface area contributed by atoms with E-state index in [1.807, 2.05) is 6.07 Å². The molecule has 0 amide bonds. The Morgan fingerprint density at radius 1 is 1.16 bits per heavy atom. The lowest BCUT2D eigenvalue weighted by atomic mass is 9.78. The number of halogens is 1. The average Bonchev–Trinajstić information content (AvgIpc) is 3.21. The molecule has 2 fully saturated rings. The van der Waals surface area contributed by atoms with Crippen LogP contribution < -0.4 is 14.8 Å². The number of nitrogens with zero attached hydrogens (tertiary/aromatic N) is 2. The summed E-state index contributed by atoms with van der Waals surface area (Å²) < 4.78 is 35.5. The molecule has 2 aliphatic heterocycles. The van der Waals surface area contributed by atoms with Crippen LogP contribution in [0.15, 0.2) is 23.2 Å². The Balaban J connectivity index is 0.00000272. The van der Waals surface area contributed by atoms with Crippen molar-refractivity contribution in [1.82, 2.24) is 10.2 Å². The highest BCUT2D eigenvalue weighted by molar-refractivity contribution is 14.0. The number of aliphatic imine (C=N–C) groups is 1. The molecule has 0 atom stereocenters. The van der Waals surface area contributed by atoms with Gasteiger partial charge in [0.1, 0.15) is 13.2 Å². The Kier molecular flexibility index (Phi) is 7.35. The Morgan fingerprint density at radius 3 is 2.48 bits per heavy atom. The third-order valence-corrected chi connectivity index (χ3v) is 9.39. The summed E-state index contributed by atoms with van der Waals surface area (Å²) in [5.74, 6) is 2.59. The number of hydrogen-bond donors (Lipinski definition) is 1. The molecule has 1 aromatic carbocycles. The number of fused-ring (bicyclic) bond motifs is 1. The van der Waals surface area contributed by atoms with Gasteiger partial charge < -0.3 is 19.7 Å².